The first-order valence-corrected chi connectivity index (χ1v) is 5.70. The van der Waals surface area contributed by atoms with E-state index in [9.17, 15) is 5.11 Å². The van der Waals surface area contributed by atoms with E-state index in [1.165, 1.54) is 11.1 Å². The molecule has 0 aliphatic carbocycles. The number of piperidine rings is 1. The third kappa shape index (κ3) is 3.05. The van der Waals surface area contributed by atoms with E-state index in [1.54, 1.807) is 0 Å². The maximum Gasteiger partial charge on any atom is 0.0564 e. The van der Waals surface area contributed by atoms with Crippen molar-refractivity contribution in [2.75, 3.05) is 13.1 Å². The highest BCUT2D eigenvalue weighted by molar-refractivity contribution is 5.22. The molecule has 2 heteroatoms. The fourth-order valence-corrected chi connectivity index (χ4v) is 2.15. The van der Waals surface area contributed by atoms with Crippen molar-refractivity contribution in [2.45, 2.75) is 32.4 Å². The van der Waals surface area contributed by atoms with E-state index in [0.717, 1.165) is 32.5 Å². The molecule has 2 nitrogen and oxygen atoms in total. The molecule has 0 spiro atoms. The Bertz CT molecular complexity index is 316. The lowest BCUT2D eigenvalue weighted by atomic mass is 10.1. The highest BCUT2D eigenvalue weighted by Crippen LogP contribution is 2.14. The summed E-state index contributed by atoms with van der Waals surface area (Å²) in [7, 11) is 0. The Kier molecular flexibility index (Phi) is 3.39. The van der Waals surface area contributed by atoms with E-state index in [1.807, 2.05) is 0 Å². The Morgan fingerprint density at radius 3 is 2.73 bits per heavy atom. The fourth-order valence-electron chi connectivity index (χ4n) is 2.15. The van der Waals surface area contributed by atoms with E-state index < -0.39 is 0 Å². The van der Waals surface area contributed by atoms with Crippen LogP contribution >= 0.6 is 0 Å². The van der Waals surface area contributed by atoms with Crippen molar-refractivity contribution in [3.63, 3.8) is 0 Å². The summed E-state index contributed by atoms with van der Waals surface area (Å²) in [5.41, 5.74) is 2.70. The van der Waals surface area contributed by atoms with Gasteiger partial charge < -0.3 is 5.11 Å². The normalized spacial score (nSPS) is 19.3. The lowest BCUT2D eigenvalue weighted by molar-refractivity contribution is 0.0792. The van der Waals surface area contributed by atoms with Gasteiger partial charge in [-0.25, -0.2) is 0 Å². The van der Waals surface area contributed by atoms with Crippen molar-refractivity contribution in [1.29, 1.82) is 0 Å². The van der Waals surface area contributed by atoms with Crippen LogP contribution in [0.25, 0.3) is 0 Å². The first-order chi connectivity index (χ1) is 7.24. The van der Waals surface area contributed by atoms with Crippen molar-refractivity contribution in [2.24, 2.45) is 0 Å². The molecule has 0 bridgehead atoms. The molecule has 1 saturated heterocycles. The Labute approximate surface area is 91.5 Å². The maximum absolute atomic E-state index is 9.41. The number of aliphatic hydroxyl groups excluding tert-OH is 1. The molecule has 1 fully saturated rings. The van der Waals surface area contributed by atoms with Crippen molar-refractivity contribution in [1.82, 2.24) is 4.90 Å². The number of hydrogen-bond acceptors (Lipinski definition) is 2. The van der Waals surface area contributed by atoms with E-state index in [4.69, 9.17) is 0 Å². The van der Waals surface area contributed by atoms with Crippen LogP contribution in [0.2, 0.25) is 0 Å². The lowest BCUT2D eigenvalue weighted by Crippen LogP contribution is -2.35. The van der Waals surface area contributed by atoms with Gasteiger partial charge in [-0.05, 0) is 25.3 Å². The van der Waals surface area contributed by atoms with Crippen LogP contribution in [0.4, 0.5) is 0 Å². The second-order valence-electron chi connectivity index (χ2n) is 4.50. The Hall–Kier alpha value is -0.860. The minimum absolute atomic E-state index is 0.0706. The number of nitrogens with zero attached hydrogens (tertiary/aromatic N) is 1. The average Bonchev–Trinajstić information content (AvgIpc) is 2.22. The van der Waals surface area contributed by atoms with Crippen LogP contribution < -0.4 is 0 Å². The standard InChI is InChI=1S/C13H19NO/c1-11-3-2-4-12(9-11)10-14-7-5-13(15)6-8-14/h2-4,9,13,15H,5-8,10H2,1H3. The molecule has 1 N–H and O–H groups in total. The molecule has 1 aromatic rings. The molecule has 0 atom stereocenters. The van der Waals surface area contributed by atoms with Gasteiger partial charge in [0.05, 0.1) is 6.10 Å². The Morgan fingerprint density at radius 2 is 2.07 bits per heavy atom. The number of aryl methyl sites for hydroxylation is 1. The quantitative estimate of drug-likeness (QED) is 0.797. The third-order valence-electron chi connectivity index (χ3n) is 3.05. The van der Waals surface area contributed by atoms with Gasteiger partial charge in [0.25, 0.3) is 0 Å². The fraction of sp³-hybridized carbons (Fsp3) is 0.538. The van der Waals surface area contributed by atoms with Crippen molar-refractivity contribution >= 4 is 0 Å². The molecule has 0 amide bonds. The zero-order valence-electron chi connectivity index (χ0n) is 9.32. The maximum atomic E-state index is 9.41. The van der Waals surface area contributed by atoms with Crippen molar-refractivity contribution in [3.05, 3.63) is 35.4 Å². The van der Waals surface area contributed by atoms with Gasteiger partial charge in [0.2, 0.25) is 0 Å². The molecule has 15 heavy (non-hydrogen) atoms. The topological polar surface area (TPSA) is 23.5 Å². The van der Waals surface area contributed by atoms with Crippen LogP contribution in [-0.4, -0.2) is 29.2 Å². The molecule has 1 aliphatic rings. The van der Waals surface area contributed by atoms with Gasteiger partial charge in [0.1, 0.15) is 0 Å². The summed E-state index contributed by atoms with van der Waals surface area (Å²) in [6.45, 7) is 5.20. The molecule has 1 aliphatic heterocycles. The van der Waals surface area contributed by atoms with Crippen LogP contribution in [0.5, 0.6) is 0 Å². The average molecular weight is 205 g/mol. The summed E-state index contributed by atoms with van der Waals surface area (Å²) in [6, 6.07) is 8.66. The lowest BCUT2D eigenvalue weighted by Gasteiger charge is -2.29. The minimum atomic E-state index is -0.0706. The zero-order chi connectivity index (χ0) is 10.7. The summed E-state index contributed by atoms with van der Waals surface area (Å²) in [6.07, 6.45) is 1.77. The number of benzene rings is 1. The van der Waals surface area contributed by atoms with Crippen LogP contribution in [-0.2, 0) is 6.54 Å². The molecule has 0 saturated carbocycles. The monoisotopic (exact) mass is 205 g/mol. The van der Waals surface area contributed by atoms with E-state index in [-0.39, 0.29) is 6.10 Å². The molecule has 0 aromatic heterocycles. The van der Waals surface area contributed by atoms with E-state index in [2.05, 4.69) is 36.1 Å². The highest BCUT2D eigenvalue weighted by atomic mass is 16.3. The van der Waals surface area contributed by atoms with Gasteiger partial charge in [0.15, 0.2) is 0 Å². The van der Waals surface area contributed by atoms with Crippen molar-refractivity contribution < 1.29 is 5.11 Å². The molecule has 1 aromatic carbocycles. The predicted octanol–water partition coefficient (Wildman–Crippen LogP) is 1.95. The number of rotatable bonds is 2. The number of aliphatic hydroxyl groups is 1. The predicted molar refractivity (Wildman–Crippen MR) is 61.7 cm³/mol. The summed E-state index contributed by atoms with van der Waals surface area (Å²) < 4.78 is 0. The smallest absolute Gasteiger partial charge is 0.0564 e. The summed E-state index contributed by atoms with van der Waals surface area (Å²) in [5, 5.41) is 9.41. The van der Waals surface area contributed by atoms with Crippen LogP contribution in [0.15, 0.2) is 24.3 Å². The van der Waals surface area contributed by atoms with Gasteiger partial charge in [0, 0.05) is 19.6 Å². The molecule has 0 unspecified atom stereocenters. The van der Waals surface area contributed by atoms with Crippen LogP contribution in [0.1, 0.15) is 24.0 Å². The molecular weight excluding hydrogens is 186 g/mol. The summed E-state index contributed by atoms with van der Waals surface area (Å²) >= 11 is 0. The van der Waals surface area contributed by atoms with Gasteiger partial charge >= 0.3 is 0 Å². The Balaban J connectivity index is 1.92. The molecular formula is C13H19NO. The van der Waals surface area contributed by atoms with E-state index in [0.29, 0.717) is 0 Å². The first kappa shape index (κ1) is 10.7. The number of hydrogen-bond donors (Lipinski definition) is 1. The molecule has 2 rings (SSSR count). The molecule has 1 heterocycles. The summed E-state index contributed by atoms with van der Waals surface area (Å²) in [4.78, 5) is 2.42. The SMILES string of the molecule is Cc1cccc(CN2CCC(O)CC2)c1. The first-order valence-electron chi connectivity index (χ1n) is 5.70. The van der Waals surface area contributed by atoms with Gasteiger partial charge in [-0.2, -0.15) is 0 Å². The third-order valence-corrected chi connectivity index (χ3v) is 3.05. The van der Waals surface area contributed by atoms with Crippen LogP contribution in [0, 0.1) is 6.92 Å². The number of likely N-dealkylation sites (tertiary alicyclic amines) is 1. The minimum Gasteiger partial charge on any atom is -0.393 e. The second kappa shape index (κ2) is 4.77. The van der Waals surface area contributed by atoms with Gasteiger partial charge in [-0.1, -0.05) is 29.8 Å². The largest absolute Gasteiger partial charge is 0.393 e. The van der Waals surface area contributed by atoms with E-state index >= 15 is 0 Å². The molecule has 0 radical (unpaired) electrons. The van der Waals surface area contributed by atoms with Crippen LogP contribution in [0.3, 0.4) is 0 Å². The zero-order valence-corrected chi connectivity index (χ0v) is 9.32. The van der Waals surface area contributed by atoms with Gasteiger partial charge in [-0.3, -0.25) is 4.90 Å². The highest BCUT2D eigenvalue weighted by Gasteiger charge is 2.16. The second-order valence-corrected chi connectivity index (χ2v) is 4.50. The van der Waals surface area contributed by atoms with Crippen molar-refractivity contribution in [3.8, 4) is 0 Å². The van der Waals surface area contributed by atoms with Gasteiger partial charge in [-0.15, -0.1) is 0 Å². The summed E-state index contributed by atoms with van der Waals surface area (Å²) in [5.74, 6) is 0. The molecule has 82 valence electrons. The Morgan fingerprint density at radius 1 is 1.33 bits per heavy atom.